The highest BCUT2D eigenvalue weighted by atomic mass is 19.1. The van der Waals surface area contributed by atoms with E-state index in [4.69, 9.17) is 9.84 Å². The topological polar surface area (TPSA) is 52.9 Å². The zero-order valence-corrected chi connectivity index (χ0v) is 10.9. The van der Waals surface area contributed by atoms with E-state index in [0.717, 1.165) is 31.6 Å². The number of rotatable bonds is 5. The molecule has 0 unspecified atom stereocenters. The van der Waals surface area contributed by atoms with Crippen molar-refractivity contribution in [3.8, 4) is 0 Å². The molecule has 1 aliphatic rings. The average Bonchev–Trinajstić information content (AvgIpc) is 2.45. The van der Waals surface area contributed by atoms with Crippen molar-refractivity contribution in [2.75, 3.05) is 31.2 Å². The fraction of sp³-hybridized carbons (Fsp3) is 0.571. The first-order valence-electron chi connectivity index (χ1n) is 6.62. The van der Waals surface area contributed by atoms with Crippen molar-refractivity contribution in [1.82, 2.24) is 0 Å². The first-order chi connectivity index (χ1) is 9.26. The van der Waals surface area contributed by atoms with Crippen LogP contribution in [0.25, 0.3) is 0 Å². The second kappa shape index (κ2) is 6.84. The Morgan fingerprint density at radius 2 is 2.00 bits per heavy atom. The molecular formula is C14H20FNO3. The Labute approximate surface area is 112 Å². The summed E-state index contributed by atoms with van der Waals surface area (Å²) in [6.45, 7) is 1.66. The van der Waals surface area contributed by atoms with Gasteiger partial charge in [-0.2, -0.15) is 0 Å². The third-order valence-corrected chi connectivity index (χ3v) is 3.48. The Balaban J connectivity index is 1.99. The largest absolute Gasteiger partial charge is 0.394 e. The lowest BCUT2D eigenvalue weighted by Crippen LogP contribution is -2.38. The normalized spacial score (nSPS) is 16.9. The molecule has 0 bridgehead atoms. The van der Waals surface area contributed by atoms with Gasteiger partial charge in [0.15, 0.2) is 0 Å². The van der Waals surface area contributed by atoms with E-state index in [1.807, 2.05) is 6.07 Å². The van der Waals surface area contributed by atoms with E-state index in [0.29, 0.717) is 12.2 Å². The average molecular weight is 269 g/mol. The molecule has 1 aromatic rings. The lowest BCUT2D eigenvalue weighted by molar-refractivity contribution is 0.0158. The molecule has 0 amide bonds. The summed E-state index contributed by atoms with van der Waals surface area (Å²) >= 11 is 0. The van der Waals surface area contributed by atoms with Crippen LogP contribution in [0.3, 0.4) is 0 Å². The molecule has 1 aliphatic heterocycles. The van der Waals surface area contributed by atoms with Gasteiger partial charge >= 0.3 is 0 Å². The van der Waals surface area contributed by atoms with Crippen LogP contribution in [0.5, 0.6) is 0 Å². The molecule has 1 heterocycles. The number of anilines is 1. The van der Waals surface area contributed by atoms with Crippen molar-refractivity contribution >= 4 is 5.69 Å². The summed E-state index contributed by atoms with van der Waals surface area (Å²) in [5.41, 5.74) is 1.13. The van der Waals surface area contributed by atoms with Gasteiger partial charge in [0.1, 0.15) is 5.82 Å². The lowest BCUT2D eigenvalue weighted by atomic mass is 10.0. The van der Waals surface area contributed by atoms with Gasteiger partial charge in [-0.25, -0.2) is 4.39 Å². The zero-order valence-electron chi connectivity index (χ0n) is 10.9. The van der Waals surface area contributed by atoms with Gasteiger partial charge in [0.05, 0.1) is 25.9 Å². The highest BCUT2D eigenvalue weighted by Crippen LogP contribution is 2.27. The maximum absolute atomic E-state index is 13.6. The van der Waals surface area contributed by atoms with Gasteiger partial charge in [-0.1, -0.05) is 6.07 Å². The summed E-state index contributed by atoms with van der Waals surface area (Å²) in [6.07, 6.45) is 1.86. The van der Waals surface area contributed by atoms with E-state index in [2.05, 4.69) is 4.90 Å². The van der Waals surface area contributed by atoms with Crippen LogP contribution in [-0.2, 0) is 11.3 Å². The maximum atomic E-state index is 13.6. The fourth-order valence-corrected chi connectivity index (χ4v) is 2.48. The van der Waals surface area contributed by atoms with Gasteiger partial charge < -0.3 is 19.8 Å². The van der Waals surface area contributed by atoms with Crippen LogP contribution in [0, 0.1) is 5.82 Å². The molecule has 0 spiro atoms. The van der Waals surface area contributed by atoms with Gasteiger partial charge in [0.25, 0.3) is 0 Å². The molecule has 5 heteroatoms. The minimum absolute atomic E-state index is 0.0404. The highest BCUT2D eigenvalue weighted by molar-refractivity contribution is 5.54. The van der Waals surface area contributed by atoms with Crippen molar-refractivity contribution in [2.24, 2.45) is 0 Å². The fourth-order valence-electron chi connectivity index (χ4n) is 2.48. The molecule has 2 rings (SSSR count). The van der Waals surface area contributed by atoms with Gasteiger partial charge in [-0.3, -0.25) is 0 Å². The van der Waals surface area contributed by atoms with Gasteiger partial charge in [-0.05, 0) is 25.0 Å². The van der Waals surface area contributed by atoms with Crippen molar-refractivity contribution in [3.63, 3.8) is 0 Å². The molecule has 0 aromatic heterocycles. The molecule has 0 aliphatic carbocycles. The second-order valence-corrected chi connectivity index (χ2v) is 4.68. The number of piperidine rings is 1. The predicted octanol–water partition coefficient (Wildman–Crippen LogP) is 1.30. The summed E-state index contributed by atoms with van der Waals surface area (Å²) in [6, 6.07) is 4.87. The Kier molecular flexibility index (Phi) is 5.13. The standard InChI is InChI=1S/C14H20FNO3/c15-13-2-1-3-14(12(13)10-18)16-6-4-11(5-7-16)19-9-8-17/h1-3,11,17-18H,4-10H2. The monoisotopic (exact) mass is 269 g/mol. The summed E-state index contributed by atoms with van der Waals surface area (Å²) in [5, 5.41) is 18.0. The van der Waals surface area contributed by atoms with Crippen molar-refractivity contribution in [1.29, 1.82) is 0 Å². The molecule has 1 fully saturated rings. The van der Waals surface area contributed by atoms with Gasteiger partial charge in [0, 0.05) is 24.3 Å². The number of aliphatic hydroxyl groups excluding tert-OH is 2. The van der Waals surface area contributed by atoms with Crippen LogP contribution >= 0.6 is 0 Å². The molecule has 0 saturated carbocycles. The second-order valence-electron chi connectivity index (χ2n) is 4.68. The molecule has 1 aromatic carbocycles. The third-order valence-electron chi connectivity index (χ3n) is 3.48. The van der Waals surface area contributed by atoms with Crippen LogP contribution in [0.1, 0.15) is 18.4 Å². The van der Waals surface area contributed by atoms with Crippen molar-refractivity contribution in [2.45, 2.75) is 25.6 Å². The molecular weight excluding hydrogens is 249 g/mol. The number of nitrogens with zero attached hydrogens (tertiary/aromatic N) is 1. The Morgan fingerprint density at radius 1 is 1.26 bits per heavy atom. The molecule has 106 valence electrons. The maximum Gasteiger partial charge on any atom is 0.130 e. The number of hydrogen-bond acceptors (Lipinski definition) is 4. The van der Waals surface area contributed by atoms with E-state index in [-0.39, 0.29) is 25.1 Å². The van der Waals surface area contributed by atoms with Gasteiger partial charge in [0.2, 0.25) is 0 Å². The number of benzene rings is 1. The third kappa shape index (κ3) is 3.43. The molecule has 2 N–H and O–H groups in total. The number of aliphatic hydroxyl groups is 2. The summed E-state index contributed by atoms with van der Waals surface area (Å²) < 4.78 is 19.1. The highest BCUT2D eigenvalue weighted by Gasteiger charge is 2.22. The van der Waals surface area contributed by atoms with Crippen LogP contribution in [0.4, 0.5) is 10.1 Å². The summed E-state index contributed by atoms with van der Waals surface area (Å²) in [5.74, 6) is -0.362. The van der Waals surface area contributed by atoms with E-state index >= 15 is 0 Å². The summed E-state index contributed by atoms with van der Waals surface area (Å²) in [4.78, 5) is 2.08. The molecule has 4 nitrogen and oxygen atoms in total. The predicted molar refractivity (Wildman–Crippen MR) is 70.6 cm³/mol. The molecule has 0 radical (unpaired) electrons. The zero-order chi connectivity index (χ0) is 13.7. The van der Waals surface area contributed by atoms with Crippen molar-refractivity contribution < 1.29 is 19.3 Å². The smallest absolute Gasteiger partial charge is 0.130 e. The lowest BCUT2D eigenvalue weighted by Gasteiger charge is -2.34. The van der Waals surface area contributed by atoms with E-state index in [1.54, 1.807) is 6.07 Å². The Hall–Kier alpha value is -1.17. The van der Waals surface area contributed by atoms with E-state index in [9.17, 15) is 9.50 Å². The van der Waals surface area contributed by atoms with Crippen molar-refractivity contribution in [3.05, 3.63) is 29.6 Å². The summed E-state index contributed by atoms with van der Waals surface area (Å²) in [7, 11) is 0. The number of ether oxygens (including phenoxy) is 1. The molecule has 1 saturated heterocycles. The SMILES string of the molecule is OCCOC1CCN(c2cccc(F)c2CO)CC1. The van der Waals surface area contributed by atoms with Crippen LogP contribution in [0.2, 0.25) is 0 Å². The first kappa shape index (κ1) is 14.2. The molecule has 19 heavy (non-hydrogen) atoms. The number of hydrogen-bond donors (Lipinski definition) is 2. The quantitative estimate of drug-likeness (QED) is 0.846. The first-order valence-corrected chi connectivity index (χ1v) is 6.62. The minimum Gasteiger partial charge on any atom is -0.394 e. The molecule has 0 atom stereocenters. The van der Waals surface area contributed by atoms with Crippen LogP contribution in [-0.4, -0.2) is 42.6 Å². The van der Waals surface area contributed by atoms with Crippen LogP contribution in [0.15, 0.2) is 18.2 Å². The minimum atomic E-state index is -0.362. The van der Waals surface area contributed by atoms with E-state index < -0.39 is 0 Å². The Bertz CT molecular complexity index is 406. The van der Waals surface area contributed by atoms with Gasteiger partial charge in [-0.15, -0.1) is 0 Å². The number of halogens is 1. The van der Waals surface area contributed by atoms with Crippen LogP contribution < -0.4 is 4.90 Å². The van der Waals surface area contributed by atoms with E-state index in [1.165, 1.54) is 6.07 Å². The Morgan fingerprint density at radius 3 is 2.63 bits per heavy atom.